The summed E-state index contributed by atoms with van der Waals surface area (Å²) < 4.78 is 10.7. The normalized spacial score (nSPS) is 10.6. The summed E-state index contributed by atoms with van der Waals surface area (Å²) in [4.78, 5) is 26.5. The van der Waals surface area contributed by atoms with E-state index in [9.17, 15) is 9.59 Å². The van der Waals surface area contributed by atoms with E-state index in [1.165, 1.54) is 0 Å². The molecule has 2 amide bonds. The number of rotatable bonds is 8. The molecule has 3 rings (SSSR count). The Morgan fingerprint density at radius 1 is 0.963 bits per heavy atom. The molecular formula is C21H22N2O4. The third-order valence-corrected chi connectivity index (χ3v) is 4.11. The quantitative estimate of drug-likeness (QED) is 0.662. The van der Waals surface area contributed by atoms with Crippen molar-refractivity contribution < 1.29 is 18.4 Å². The molecule has 1 N–H and O–H groups in total. The Bertz CT molecular complexity index is 833. The summed E-state index contributed by atoms with van der Waals surface area (Å²) in [5, 5.41) is 2.80. The number of furan rings is 2. The molecule has 3 aromatic rings. The van der Waals surface area contributed by atoms with Crippen molar-refractivity contribution >= 4 is 11.8 Å². The standard InChI is InChI=1S/C21H22N2O4/c1-16-5-2-6-17(13-16)21(25)22-10-9-20(24)23(14-18-7-3-11-26-18)15-19-8-4-12-27-19/h2-8,11-13H,9-10,14-15H2,1H3,(H,22,25). The van der Waals surface area contributed by atoms with E-state index in [0.717, 1.165) is 5.56 Å². The molecule has 0 fully saturated rings. The fourth-order valence-corrected chi connectivity index (χ4v) is 2.74. The number of hydrogen-bond acceptors (Lipinski definition) is 4. The van der Waals surface area contributed by atoms with Gasteiger partial charge in [-0.25, -0.2) is 0 Å². The number of nitrogens with zero attached hydrogens (tertiary/aromatic N) is 1. The van der Waals surface area contributed by atoms with E-state index < -0.39 is 0 Å². The van der Waals surface area contributed by atoms with Crippen LogP contribution in [0.3, 0.4) is 0 Å². The number of carbonyl (C=O) groups is 2. The van der Waals surface area contributed by atoms with Crippen molar-refractivity contribution in [3.8, 4) is 0 Å². The first kappa shape index (κ1) is 18.5. The molecule has 0 saturated carbocycles. The average molecular weight is 366 g/mol. The second kappa shape index (κ2) is 8.89. The van der Waals surface area contributed by atoms with Gasteiger partial charge in [0.05, 0.1) is 25.6 Å². The van der Waals surface area contributed by atoms with Crippen molar-refractivity contribution in [3.05, 3.63) is 83.7 Å². The zero-order valence-corrected chi connectivity index (χ0v) is 15.2. The molecule has 0 atom stereocenters. The predicted molar refractivity (Wildman–Crippen MR) is 99.8 cm³/mol. The van der Waals surface area contributed by atoms with Gasteiger partial charge in [-0.1, -0.05) is 17.7 Å². The summed E-state index contributed by atoms with van der Waals surface area (Å²) >= 11 is 0. The third kappa shape index (κ3) is 5.34. The Morgan fingerprint density at radius 3 is 2.19 bits per heavy atom. The summed E-state index contributed by atoms with van der Waals surface area (Å²) in [6, 6.07) is 14.6. The van der Waals surface area contributed by atoms with Crippen LogP contribution in [0.1, 0.15) is 33.9 Å². The molecule has 0 saturated heterocycles. The average Bonchev–Trinajstić information content (AvgIpc) is 3.35. The molecule has 0 bridgehead atoms. The van der Waals surface area contributed by atoms with Crippen molar-refractivity contribution in [2.75, 3.05) is 6.54 Å². The van der Waals surface area contributed by atoms with Crippen LogP contribution in [0, 0.1) is 6.92 Å². The van der Waals surface area contributed by atoms with E-state index in [4.69, 9.17) is 8.83 Å². The summed E-state index contributed by atoms with van der Waals surface area (Å²) in [6.07, 6.45) is 3.35. The molecule has 1 aromatic carbocycles. The molecule has 27 heavy (non-hydrogen) atoms. The highest BCUT2D eigenvalue weighted by Gasteiger charge is 2.17. The summed E-state index contributed by atoms with van der Waals surface area (Å²) in [5.41, 5.74) is 1.60. The maximum absolute atomic E-state index is 12.7. The Labute approximate surface area is 157 Å². The number of nitrogens with one attached hydrogen (secondary N) is 1. The minimum Gasteiger partial charge on any atom is -0.467 e. The molecule has 2 aromatic heterocycles. The Hall–Kier alpha value is -3.28. The van der Waals surface area contributed by atoms with Gasteiger partial charge in [-0.05, 0) is 43.3 Å². The number of aryl methyl sites for hydroxylation is 1. The van der Waals surface area contributed by atoms with Gasteiger partial charge in [0, 0.05) is 18.5 Å². The summed E-state index contributed by atoms with van der Waals surface area (Å²) in [7, 11) is 0. The summed E-state index contributed by atoms with van der Waals surface area (Å²) in [5.74, 6) is 1.11. The minimum absolute atomic E-state index is 0.0904. The van der Waals surface area contributed by atoms with E-state index >= 15 is 0 Å². The summed E-state index contributed by atoms with van der Waals surface area (Å²) in [6.45, 7) is 2.89. The lowest BCUT2D eigenvalue weighted by atomic mass is 10.1. The van der Waals surface area contributed by atoms with Crippen LogP contribution in [0.2, 0.25) is 0 Å². The van der Waals surface area contributed by atoms with Crippen LogP contribution in [0.15, 0.2) is 69.9 Å². The van der Waals surface area contributed by atoms with Crippen molar-refractivity contribution in [3.63, 3.8) is 0 Å². The molecule has 6 nitrogen and oxygen atoms in total. The van der Waals surface area contributed by atoms with Gasteiger partial charge in [0.25, 0.3) is 5.91 Å². The Kier molecular flexibility index (Phi) is 6.10. The Balaban J connectivity index is 1.56. The molecule has 6 heteroatoms. The van der Waals surface area contributed by atoms with Crippen LogP contribution in [-0.2, 0) is 17.9 Å². The molecule has 0 spiro atoms. The van der Waals surface area contributed by atoms with Crippen LogP contribution in [0.5, 0.6) is 0 Å². The lowest BCUT2D eigenvalue weighted by Gasteiger charge is -2.20. The Morgan fingerprint density at radius 2 is 1.63 bits per heavy atom. The van der Waals surface area contributed by atoms with Crippen molar-refractivity contribution in [1.29, 1.82) is 0 Å². The number of amides is 2. The first-order chi connectivity index (χ1) is 13.1. The van der Waals surface area contributed by atoms with Gasteiger partial charge in [-0.3, -0.25) is 9.59 Å². The van der Waals surface area contributed by atoms with Crippen LogP contribution in [0.4, 0.5) is 0 Å². The van der Waals surface area contributed by atoms with Gasteiger partial charge in [0.15, 0.2) is 0 Å². The zero-order valence-electron chi connectivity index (χ0n) is 15.2. The van der Waals surface area contributed by atoms with Gasteiger partial charge in [-0.2, -0.15) is 0 Å². The molecule has 0 unspecified atom stereocenters. The molecule has 0 aliphatic heterocycles. The lowest BCUT2D eigenvalue weighted by molar-refractivity contribution is -0.132. The van der Waals surface area contributed by atoms with Crippen LogP contribution in [-0.4, -0.2) is 23.3 Å². The van der Waals surface area contributed by atoms with Crippen molar-refractivity contribution in [2.45, 2.75) is 26.4 Å². The molecule has 2 heterocycles. The monoisotopic (exact) mass is 366 g/mol. The maximum atomic E-state index is 12.7. The molecular weight excluding hydrogens is 344 g/mol. The number of hydrogen-bond donors (Lipinski definition) is 1. The van der Waals surface area contributed by atoms with Crippen molar-refractivity contribution in [2.24, 2.45) is 0 Å². The molecule has 0 radical (unpaired) electrons. The second-order valence-corrected chi connectivity index (χ2v) is 6.28. The maximum Gasteiger partial charge on any atom is 0.251 e. The smallest absolute Gasteiger partial charge is 0.251 e. The van der Waals surface area contributed by atoms with Crippen LogP contribution >= 0.6 is 0 Å². The van der Waals surface area contributed by atoms with E-state index in [1.54, 1.807) is 35.6 Å². The second-order valence-electron chi connectivity index (χ2n) is 6.28. The highest BCUT2D eigenvalue weighted by atomic mass is 16.3. The number of benzene rings is 1. The van der Waals surface area contributed by atoms with Gasteiger partial charge < -0.3 is 19.1 Å². The van der Waals surface area contributed by atoms with E-state index in [2.05, 4.69) is 5.32 Å². The first-order valence-corrected chi connectivity index (χ1v) is 8.79. The SMILES string of the molecule is Cc1cccc(C(=O)NCCC(=O)N(Cc2ccco2)Cc2ccco2)c1. The third-order valence-electron chi connectivity index (χ3n) is 4.11. The molecule has 0 aliphatic rings. The largest absolute Gasteiger partial charge is 0.467 e. The van der Waals surface area contributed by atoms with Gasteiger partial charge in [-0.15, -0.1) is 0 Å². The first-order valence-electron chi connectivity index (χ1n) is 8.79. The lowest BCUT2D eigenvalue weighted by Crippen LogP contribution is -2.33. The fourth-order valence-electron chi connectivity index (χ4n) is 2.74. The zero-order chi connectivity index (χ0) is 19.1. The molecule has 140 valence electrons. The van der Waals surface area contributed by atoms with E-state index in [1.807, 2.05) is 37.3 Å². The van der Waals surface area contributed by atoms with Crippen molar-refractivity contribution in [1.82, 2.24) is 10.2 Å². The van der Waals surface area contributed by atoms with Crippen LogP contribution in [0.25, 0.3) is 0 Å². The van der Waals surface area contributed by atoms with Gasteiger partial charge >= 0.3 is 0 Å². The fraction of sp³-hybridized carbons (Fsp3) is 0.238. The number of carbonyl (C=O) groups excluding carboxylic acids is 2. The van der Waals surface area contributed by atoms with Gasteiger partial charge in [0.1, 0.15) is 11.5 Å². The van der Waals surface area contributed by atoms with E-state index in [-0.39, 0.29) is 24.8 Å². The van der Waals surface area contributed by atoms with E-state index in [0.29, 0.717) is 30.2 Å². The highest BCUT2D eigenvalue weighted by Crippen LogP contribution is 2.12. The predicted octanol–water partition coefficient (Wildman–Crippen LogP) is 3.53. The van der Waals surface area contributed by atoms with Gasteiger partial charge in [0.2, 0.25) is 5.91 Å². The highest BCUT2D eigenvalue weighted by molar-refractivity contribution is 5.94. The van der Waals surface area contributed by atoms with Crippen LogP contribution < -0.4 is 5.32 Å². The topological polar surface area (TPSA) is 75.7 Å². The molecule has 0 aliphatic carbocycles. The minimum atomic E-state index is -0.185.